The number of methoxy groups -OCH3 is 1. The van der Waals surface area contributed by atoms with E-state index in [1.165, 1.54) is 18.4 Å². The lowest BCUT2D eigenvalue weighted by Gasteiger charge is -2.23. The molecule has 0 aliphatic rings. The Bertz CT molecular complexity index is 286. The highest BCUT2D eigenvalue weighted by molar-refractivity contribution is 5.18. The molecule has 0 saturated heterocycles. The normalized spacial score (nSPS) is 14.5. The summed E-state index contributed by atoms with van der Waals surface area (Å²) >= 11 is 0. The molecular formula is C15H25NO. The maximum Gasteiger partial charge on any atom is 0.0476 e. The maximum absolute atomic E-state index is 5.12. The molecule has 2 nitrogen and oxygen atoms in total. The van der Waals surface area contributed by atoms with Gasteiger partial charge in [-0.1, -0.05) is 43.7 Å². The zero-order chi connectivity index (χ0) is 12.5. The summed E-state index contributed by atoms with van der Waals surface area (Å²) in [6.07, 6.45) is 3.44. The third kappa shape index (κ3) is 5.33. The van der Waals surface area contributed by atoms with Gasteiger partial charge >= 0.3 is 0 Å². The minimum Gasteiger partial charge on any atom is -0.385 e. The fourth-order valence-corrected chi connectivity index (χ4v) is 2.04. The van der Waals surface area contributed by atoms with Crippen molar-refractivity contribution >= 4 is 0 Å². The Morgan fingerprint density at radius 2 is 1.88 bits per heavy atom. The van der Waals surface area contributed by atoms with Crippen LogP contribution in [-0.2, 0) is 4.74 Å². The largest absolute Gasteiger partial charge is 0.385 e. The lowest BCUT2D eigenvalue weighted by atomic mass is 10.0. The van der Waals surface area contributed by atoms with Crippen LogP contribution in [-0.4, -0.2) is 19.8 Å². The SMILES string of the molecule is CCCC(NC(C)CCOC)c1ccccc1. The summed E-state index contributed by atoms with van der Waals surface area (Å²) in [5.41, 5.74) is 1.39. The van der Waals surface area contributed by atoms with Gasteiger partial charge in [0.2, 0.25) is 0 Å². The summed E-state index contributed by atoms with van der Waals surface area (Å²) in [6.45, 7) is 5.28. The van der Waals surface area contributed by atoms with Crippen LogP contribution in [0.3, 0.4) is 0 Å². The van der Waals surface area contributed by atoms with Crippen molar-refractivity contribution in [2.24, 2.45) is 0 Å². The molecule has 1 aromatic rings. The third-order valence-electron chi connectivity index (χ3n) is 3.02. The van der Waals surface area contributed by atoms with E-state index in [-0.39, 0.29) is 0 Å². The molecule has 0 spiro atoms. The lowest BCUT2D eigenvalue weighted by Crippen LogP contribution is -2.31. The molecule has 2 heteroatoms. The number of nitrogens with one attached hydrogen (secondary N) is 1. The summed E-state index contributed by atoms with van der Waals surface area (Å²) in [5, 5.41) is 3.69. The van der Waals surface area contributed by atoms with Crippen molar-refractivity contribution in [1.29, 1.82) is 0 Å². The van der Waals surface area contributed by atoms with Crippen LogP contribution in [0.2, 0.25) is 0 Å². The van der Waals surface area contributed by atoms with Gasteiger partial charge in [-0.25, -0.2) is 0 Å². The van der Waals surface area contributed by atoms with Crippen LogP contribution >= 0.6 is 0 Å². The molecule has 0 heterocycles. The van der Waals surface area contributed by atoms with Gasteiger partial charge in [-0.2, -0.15) is 0 Å². The molecule has 0 amide bonds. The maximum atomic E-state index is 5.12. The van der Waals surface area contributed by atoms with Crippen LogP contribution in [0.5, 0.6) is 0 Å². The van der Waals surface area contributed by atoms with Crippen LogP contribution in [0.15, 0.2) is 30.3 Å². The molecule has 1 aromatic carbocycles. The van der Waals surface area contributed by atoms with Crippen molar-refractivity contribution in [1.82, 2.24) is 5.32 Å². The first-order valence-corrected chi connectivity index (χ1v) is 6.57. The van der Waals surface area contributed by atoms with Crippen LogP contribution in [0, 0.1) is 0 Å². The van der Waals surface area contributed by atoms with E-state index in [9.17, 15) is 0 Å². The number of benzene rings is 1. The molecule has 2 unspecified atom stereocenters. The van der Waals surface area contributed by atoms with Gasteiger partial charge in [0.25, 0.3) is 0 Å². The molecule has 2 atom stereocenters. The fourth-order valence-electron chi connectivity index (χ4n) is 2.04. The summed E-state index contributed by atoms with van der Waals surface area (Å²) in [7, 11) is 1.76. The third-order valence-corrected chi connectivity index (χ3v) is 3.02. The molecule has 0 aliphatic carbocycles. The van der Waals surface area contributed by atoms with Crippen molar-refractivity contribution < 1.29 is 4.74 Å². The van der Waals surface area contributed by atoms with Gasteiger partial charge in [-0.15, -0.1) is 0 Å². The van der Waals surface area contributed by atoms with Crippen LogP contribution in [0.1, 0.15) is 44.7 Å². The number of ether oxygens (including phenoxy) is 1. The minimum absolute atomic E-state index is 0.466. The molecule has 0 bridgehead atoms. The second-order valence-electron chi connectivity index (χ2n) is 4.60. The predicted octanol–water partition coefficient (Wildman–Crippen LogP) is 3.54. The number of hydrogen-bond acceptors (Lipinski definition) is 2. The summed E-state index contributed by atoms with van der Waals surface area (Å²) in [6, 6.07) is 11.7. The van der Waals surface area contributed by atoms with Crippen molar-refractivity contribution in [3.05, 3.63) is 35.9 Å². The molecule has 1 rings (SSSR count). The molecule has 17 heavy (non-hydrogen) atoms. The van der Waals surface area contributed by atoms with E-state index in [0.29, 0.717) is 12.1 Å². The Balaban J connectivity index is 2.54. The number of hydrogen-bond donors (Lipinski definition) is 1. The molecule has 96 valence electrons. The van der Waals surface area contributed by atoms with E-state index in [4.69, 9.17) is 4.74 Å². The quantitative estimate of drug-likeness (QED) is 0.744. The van der Waals surface area contributed by atoms with Crippen LogP contribution in [0.25, 0.3) is 0 Å². The van der Waals surface area contributed by atoms with Crippen molar-refractivity contribution in [2.75, 3.05) is 13.7 Å². The minimum atomic E-state index is 0.466. The average molecular weight is 235 g/mol. The second-order valence-corrected chi connectivity index (χ2v) is 4.60. The topological polar surface area (TPSA) is 21.3 Å². The van der Waals surface area contributed by atoms with E-state index in [1.54, 1.807) is 7.11 Å². The van der Waals surface area contributed by atoms with Crippen LogP contribution in [0.4, 0.5) is 0 Å². The van der Waals surface area contributed by atoms with Gasteiger partial charge in [0, 0.05) is 25.8 Å². The molecule has 0 fully saturated rings. The van der Waals surface area contributed by atoms with Crippen molar-refractivity contribution in [2.45, 2.75) is 45.2 Å². The van der Waals surface area contributed by atoms with Gasteiger partial charge in [-0.3, -0.25) is 0 Å². The van der Waals surface area contributed by atoms with Gasteiger partial charge in [-0.05, 0) is 25.3 Å². The predicted molar refractivity (Wildman–Crippen MR) is 73.2 cm³/mol. The van der Waals surface area contributed by atoms with Gasteiger partial charge in [0.05, 0.1) is 0 Å². The summed E-state index contributed by atoms with van der Waals surface area (Å²) in [5.74, 6) is 0. The zero-order valence-electron chi connectivity index (χ0n) is 11.3. The summed E-state index contributed by atoms with van der Waals surface area (Å²) in [4.78, 5) is 0. The second kappa shape index (κ2) is 8.26. The standard InChI is InChI=1S/C15H25NO/c1-4-8-15(14-9-6-5-7-10-14)16-13(2)11-12-17-3/h5-7,9-10,13,15-16H,4,8,11-12H2,1-3H3. The highest BCUT2D eigenvalue weighted by Crippen LogP contribution is 2.19. The Morgan fingerprint density at radius 3 is 2.47 bits per heavy atom. The first-order chi connectivity index (χ1) is 8.27. The molecule has 0 aromatic heterocycles. The van der Waals surface area contributed by atoms with Crippen molar-refractivity contribution in [3.8, 4) is 0 Å². The fraction of sp³-hybridized carbons (Fsp3) is 0.600. The van der Waals surface area contributed by atoms with E-state index in [1.807, 2.05) is 0 Å². The van der Waals surface area contributed by atoms with Gasteiger partial charge < -0.3 is 10.1 Å². The molecular weight excluding hydrogens is 210 g/mol. The molecule has 0 aliphatic heterocycles. The average Bonchev–Trinajstić information content (AvgIpc) is 2.37. The van der Waals surface area contributed by atoms with E-state index >= 15 is 0 Å². The molecule has 0 saturated carbocycles. The Labute approximate surface area is 105 Å². The van der Waals surface area contributed by atoms with E-state index in [0.717, 1.165) is 13.0 Å². The van der Waals surface area contributed by atoms with E-state index < -0.39 is 0 Å². The zero-order valence-corrected chi connectivity index (χ0v) is 11.3. The Kier molecular flexibility index (Phi) is 6.90. The van der Waals surface area contributed by atoms with Gasteiger partial charge in [0.15, 0.2) is 0 Å². The van der Waals surface area contributed by atoms with Crippen molar-refractivity contribution in [3.63, 3.8) is 0 Å². The first kappa shape index (κ1) is 14.2. The molecule has 0 radical (unpaired) electrons. The highest BCUT2D eigenvalue weighted by Gasteiger charge is 2.12. The Morgan fingerprint density at radius 1 is 1.18 bits per heavy atom. The summed E-state index contributed by atoms with van der Waals surface area (Å²) < 4.78 is 5.12. The molecule has 1 N–H and O–H groups in total. The monoisotopic (exact) mass is 235 g/mol. The lowest BCUT2D eigenvalue weighted by molar-refractivity contribution is 0.182. The van der Waals surface area contributed by atoms with E-state index in [2.05, 4.69) is 49.5 Å². The smallest absolute Gasteiger partial charge is 0.0476 e. The number of rotatable bonds is 8. The highest BCUT2D eigenvalue weighted by atomic mass is 16.5. The van der Waals surface area contributed by atoms with Crippen LogP contribution < -0.4 is 5.32 Å². The first-order valence-electron chi connectivity index (χ1n) is 6.57. The Hall–Kier alpha value is -0.860. The van der Waals surface area contributed by atoms with Gasteiger partial charge in [0.1, 0.15) is 0 Å².